The smallest absolute Gasteiger partial charge is 0.145 e. The van der Waals surface area contributed by atoms with Crippen molar-refractivity contribution in [3.8, 4) is 17.6 Å². The predicted molar refractivity (Wildman–Crippen MR) is 84.5 cm³/mol. The summed E-state index contributed by atoms with van der Waals surface area (Å²) in [6, 6.07) is 13.9. The summed E-state index contributed by atoms with van der Waals surface area (Å²) in [5.74, 6) is 1.40. The van der Waals surface area contributed by atoms with Gasteiger partial charge in [0, 0.05) is 6.54 Å². The minimum atomic E-state index is 0.561. The fraction of sp³-hybridized carbons (Fsp3) is 0.278. The quantitative estimate of drug-likeness (QED) is 0.897. The summed E-state index contributed by atoms with van der Waals surface area (Å²) in [5, 5.41) is 12.6. The van der Waals surface area contributed by atoms with E-state index in [1.165, 1.54) is 5.56 Å². The van der Waals surface area contributed by atoms with Gasteiger partial charge in [0.05, 0.1) is 5.56 Å². The van der Waals surface area contributed by atoms with Gasteiger partial charge >= 0.3 is 0 Å². The molecule has 0 aliphatic carbocycles. The number of hydrogen-bond donors (Lipinski definition) is 1. The van der Waals surface area contributed by atoms with E-state index in [0.717, 1.165) is 30.0 Å². The summed E-state index contributed by atoms with van der Waals surface area (Å²) in [6.45, 7) is 7.80. The summed E-state index contributed by atoms with van der Waals surface area (Å²) in [4.78, 5) is 0. The Kier molecular flexibility index (Phi) is 4.97. The average Bonchev–Trinajstić information content (AvgIpc) is 2.50. The number of ether oxygens (including phenoxy) is 1. The van der Waals surface area contributed by atoms with Crippen molar-refractivity contribution < 1.29 is 4.74 Å². The maximum atomic E-state index is 9.32. The number of nitrogens with one attached hydrogen (secondary N) is 1. The molecule has 108 valence electrons. The van der Waals surface area contributed by atoms with Crippen LogP contribution in [0.15, 0.2) is 36.4 Å². The molecule has 0 heterocycles. The molecule has 1 N–H and O–H groups in total. The first-order chi connectivity index (χ1) is 10.2. The molecule has 0 saturated carbocycles. The van der Waals surface area contributed by atoms with Crippen LogP contribution in [0.2, 0.25) is 0 Å². The molecule has 0 fully saturated rings. The second-order valence-corrected chi connectivity index (χ2v) is 5.02. The molecule has 0 bridgehead atoms. The standard InChI is InChI=1S/C18H20N2O/c1-4-20-12-15-8-9-18(16(10-15)11-19)21-17-7-5-6-13(2)14(17)3/h5-10,20H,4,12H2,1-3H3. The SMILES string of the molecule is CCNCc1ccc(Oc2cccc(C)c2C)c(C#N)c1. The first-order valence-electron chi connectivity index (χ1n) is 7.13. The maximum absolute atomic E-state index is 9.32. The number of hydrogen-bond acceptors (Lipinski definition) is 3. The highest BCUT2D eigenvalue weighted by Gasteiger charge is 2.08. The van der Waals surface area contributed by atoms with Crippen molar-refractivity contribution in [1.29, 1.82) is 5.26 Å². The number of benzene rings is 2. The molecule has 3 nitrogen and oxygen atoms in total. The number of rotatable bonds is 5. The second kappa shape index (κ2) is 6.92. The highest BCUT2D eigenvalue weighted by molar-refractivity contribution is 5.49. The third-order valence-electron chi connectivity index (χ3n) is 3.52. The van der Waals surface area contributed by atoms with E-state index in [9.17, 15) is 5.26 Å². The van der Waals surface area contributed by atoms with E-state index in [1.807, 2.05) is 50.2 Å². The molecule has 0 radical (unpaired) electrons. The number of aryl methyl sites for hydroxylation is 1. The van der Waals surface area contributed by atoms with E-state index >= 15 is 0 Å². The molecule has 2 rings (SSSR count). The van der Waals surface area contributed by atoms with Crippen molar-refractivity contribution in [2.45, 2.75) is 27.3 Å². The van der Waals surface area contributed by atoms with Gasteiger partial charge in [-0.25, -0.2) is 0 Å². The number of nitrogens with zero attached hydrogens (tertiary/aromatic N) is 1. The van der Waals surface area contributed by atoms with Crippen LogP contribution in [-0.4, -0.2) is 6.54 Å². The molecule has 2 aromatic carbocycles. The maximum Gasteiger partial charge on any atom is 0.145 e. The molecular formula is C18H20N2O. The summed E-state index contributed by atoms with van der Waals surface area (Å²) in [7, 11) is 0. The van der Waals surface area contributed by atoms with Crippen LogP contribution in [0.5, 0.6) is 11.5 Å². The van der Waals surface area contributed by atoms with E-state index in [1.54, 1.807) is 0 Å². The van der Waals surface area contributed by atoms with Crippen LogP contribution < -0.4 is 10.1 Å². The van der Waals surface area contributed by atoms with Crippen LogP contribution in [0.4, 0.5) is 0 Å². The number of nitriles is 1. The lowest BCUT2D eigenvalue weighted by molar-refractivity contribution is 0.476. The molecule has 0 aliphatic rings. The molecule has 0 atom stereocenters. The van der Waals surface area contributed by atoms with Crippen LogP contribution in [0, 0.1) is 25.2 Å². The van der Waals surface area contributed by atoms with Crippen molar-refractivity contribution in [3.05, 3.63) is 58.7 Å². The zero-order valence-corrected chi connectivity index (χ0v) is 12.7. The third-order valence-corrected chi connectivity index (χ3v) is 3.52. The summed E-state index contributed by atoms with van der Waals surface area (Å²) < 4.78 is 5.93. The van der Waals surface area contributed by atoms with Gasteiger partial charge in [0.25, 0.3) is 0 Å². The molecule has 0 spiro atoms. The Bertz CT molecular complexity index is 671. The molecule has 3 heteroatoms. The molecular weight excluding hydrogens is 260 g/mol. The van der Waals surface area contributed by atoms with E-state index < -0.39 is 0 Å². The normalized spacial score (nSPS) is 10.2. The highest BCUT2D eigenvalue weighted by Crippen LogP contribution is 2.29. The van der Waals surface area contributed by atoms with Gasteiger partial charge in [-0.1, -0.05) is 25.1 Å². The molecule has 0 saturated heterocycles. The second-order valence-electron chi connectivity index (χ2n) is 5.02. The zero-order chi connectivity index (χ0) is 15.2. The van der Waals surface area contributed by atoms with Crippen LogP contribution >= 0.6 is 0 Å². The van der Waals surface area contributed by atoms with Crippen LogP contribution in [0.3, 0.4) is 0 Å². The fourth-order valence-electron chi connectivity index (χ4n) is 2.09. The molecule has 0 unspecified atom stereocenters. The van der Waals surface area contributed by atoms with Gasteiger partial charge in [0.1, 0.15) is 17.6 Å². The molecule has 0 amide bonds. The zero-order valence-electron chi connectivity index (χ0n) is 12.7. The van der Waals surface area contributed by atoms with Gasteiger partial charge in [-0.2, -0.15) is 5.26 Å². The highest BCUT2D eigenvalue weighted by atomic mass is 16.5. The molecule has 21 heavy (non-hydrogen) atoms. The Hall–Kier alpha value is -2.31. The summed E-state index contributed by atoms with van der Waals surface area (Å²) in [5.41, 5.74) is 3.92. The third kappa shape index (κ3) is 3.62. The van der Waals surface area contributed by atoms with Gasteiger partial charge in [0.15, 0.2) is 0 Å². The van der Waals surface area contributed by atoms with Crippen molar-refractivity contribution >= 4 is 0 Å². The lowest BCUT2D eigenvalue weighted by Crippen LogP contribution is -2.11. The largest absolute Gasteiger partial charge is 0.456 e. The average molecular weight is 280 g/mol. The van der Waals surface area contributed by atoms with Gasteiger partial charge < -0.3 is 10.1 Å². The van der Waals surface area contributed by atoms with Crippen LogP contribution in [-0.2, 0) is 6.54 Å². The van der Waals surface area contributed by atoms with Crippen LogP contribution in [0.1, 0.15) is 29.2 Å². The molecule has 2 aromatic rings. The Labute approximate surface area is 126 Å². The van der Waals surface area contributed by atoms with Crippen molar-refractivity contribution in [2.24, 2.45) is 0 Å². The fourth-order valence-corrected chi connectivity index (χ4v) is 2.09. The topological polar surface area (TPSA) is 45.0 Å². The van der Waals surface area contributed by atoms with Gasteiger partial charge in [-0.05, 0) is 55.3 Å². The Morgan fingerprint density at radius 3 is 2.67 bits per heavy atom. The minimum Gasteiger partial charge on any atom is -0.456 e. The minimum absolute atomic E-state index is 0.561. The molecule has 0 aromatic heterocycles. The first kappa shape index (κ1) is 15.1. The first-order valence-corrected chi connectivity index (χ1v) is 7.13. The van der Waals surface area contributed by atoms with E-state index in [2.05, 4.69) is 18.3 Å². The molecule has 0 aliphatic heterocycles. The predicted octanol–water partition coefficient (Wildman–Crippen LogP) is 4.08. The van der Waals surface area contributed by atoms with E-state index in [-0.39, 0.29) is 0 Å². The van der Waals surface area contributed by atoms with Crippen molar-refractivity contribution in [3.63, 3.8) is 0 Å². The summed E-state index contributed by atoms with van der Waals surface area (Å²) in [6.07, 6.45) is 0. The van der Waals surface area contributed by atoms with E-state index in [0.29, 0.717) is 11.3 Å². The lowest BCUT2D eigenvalue weighted by Gasteiger charge is -2.12. The Morgan fingerprint density at radius 1 is 1.14 bits per heavy atom. The van der Waals surface area contributed by atoms with Crippen LogP contribution in [0.25, 0.3) is 0 Å². The Balaban J connectivity index is 2.28. The summed E-state index contributed by atoms with van der Waals surface area (Å²) >= 11 is 0. The van der Waals surface area contributed by atoms with Gasteiger partial charge in [0.2, 0.25) is 0 Å². The van der Waals surface area contributed by atoms with Gasteiger partial charge in [-0.15, -0.1) is 0 Å². The Morgan fingerprint density at radius 2 is 1.95 bits per heavy atom. The van der Waals surface area contributed by atoms with E-state index in [4.69, 9.17) is 4.74 Å². The lowest BCUT2D eigenvalue weighted by atomic mass is 10.1. The van der Waals surface area contributed by atoms with Crippen molar-refractivity contribution in [2.75, 3.05) is 6.54 Å². The van der Waals surface area contributed by atoms with Gasteiger partial charge in [-0.3, -0.25) is 0 Å². The monoisotopic (exact) mass is 280 g/mol. The van der Waals surface area contributed by atoms with Crippen molar-refractivity contribution in [1.82, 2.24) is 5.32 Å².